The molecule has 0 saturated carbocycles. The Hall–Kier alpha value is -1.30. The average Bonchev–Trinajstić information content (AvgIpc) is 2.14. The third kappa shape index (κ3) is 1.95. The Morgan fingerprint density at radius 2 is 1.93 bits per heavy atom. The van der Waals surface area contributed by atoms with Gasteiger partial charge in [0.25, 0.3) is 0 Å². The van der Waals surface area contributed by atoms with E-state index < -0.39 is 5.60 Å². The first-order valence-electron chi connectivity index (χ1n) is 4.58. The minimum atomic E-state index is -0.912. The van der Waals surface area contributed by atoms with Crippen LogP contribution < -0.4 is 0 Å². The van der Waals surface area contributed by atoms with E-state index in [1.54, 1.807) is 0 Å². The van der Waals surface area contributed by atoms with Crippen LogP contribution in [-0.2, 0) is 4.74 Å². The first-order chi connectivity index (χ1) is 6.68. The van der Waals surface area contributed by atoms with Crippen LogP contribution in [0, 0.1) is 18.8 Å². The summed E-state index contributed by atoms with van der Waals surface area (Å²) >= 11 is 0. The summed E-state index contributed by atoms with van der Waals surface area (Å²) in [7, 11) is 0. The molecule has 2 heteroatoms. The van der Waals surface area contributed by atoms with Crippen molar-refractivity contribution in [3.8, 4) is 11.8 Å². The van der Waals surface area contributed by atoms with E-state index >= 15 is 0 Å². The Labute approximate surface area is 83.5 Å². The van der Waals surface area contributed by atoms with Gasteiger partial charge in [0.1, 0.15) is 0 Å². The highest BCUT2D eigenvalue weighted by Gasteiger charge is 2.33. The zero-order chi connectivity index (χ0) is 10.0. The Balaban J connectivity index is 2.13. The largest absolute Gasteiger partial charge is 0.373 e. The van der Waals surface area contributed by atoms with Gasteiger partial charge in [-0.3, -0.25) is 0 Å². The maximum Gasteiger partial charge on any atom is 0.172 e. The summed E-state index contributed by atoms with van der Waals surface area (Å²) in [5, 5.41) is 9.63. The van der Waals surface area contributed by atoms with Gasteiger partial charge in [0.15, 0.2) is 5.60 Å². The van der Waals surface area contributed by atoms with E-state index in [4.69, 9.17) is 4.74 Å². The van der Waals surface area contributed by atoms with Crippen molar-refractivity contribution in [1.82, 2.24) is 0 Å². The Kier molecular flexibility index (Phi) is 2.28. The lowest BCUT2D eigenvalue weighted by Gasteiger charge is -2.30. The summed E-state index contributed by atoms with van der Waals surface area (Å²) in [5.41, 5.74) is 1.22. The van der Waals surface area contributed by atoms with Gasteiger partial charge in [-0.1, -0.05) is 29.5 Å². The van der Waals surface area contributed by atoms with Crippen molar-refractivity contribution >= 4 is 0 Å². The lowest BCUT2D eigenvalue weighted by Crippen LogP contribution is -2.48. The second-order valence-corrected chi connectivity index (χ2v) is 3.64. The molecule has 0 amide bonds. The van der Waals surface area contributed by atoms with Gasteiger partial charge in [-0.2, -0.15) is 0 Å². The Morgan fingerprint density at radius 3 is 2.43 bits per heavy atom. The molecule has 0 aromatic heterocycles. The highest BCUT2D eigenvalue weighted by atomic mass is 16.5. The Morgan fingerprint density at radius 1 is 1.29 bits per heavy atom. The van der Waals surface area contributed by atoms with Crippen molar-refractivity contribution in [1.29, 1.82) is 0 Å². The van der Waals surface area contributed by atoms with Gasteiger partial charge in [-0.25, -0.2) is 0 Å². The second-order valence-electron chi connectivity index (χ2n) is 3.64. The fourth-order valence-electron chi connectivity index (χ4n) is 1.19. The van der Waals surface area contributed by atoms with Gasteiger partial charge >= 0.3 is 0 Å². The molecular formula is C12H12O2. The molecule has 1 aliphatic rings. The molecule has 0 aliphatic carbocycles. The predicted octanol–water partition coefficient (Wildman–Crippen LogP) is 1.11. The standard InChI is InChI=1S/C12H12O2/c1-10-2-4-11(5-3-10)6-7-12(13)8-14-9-12/h2-5,13H,8-9H2,1H3. The average molecular weight is 188 g/mol. The monoisotopic (exact) mass is 188 g/mol. The van der Waals surface area contributed by atoms with Gasteiger partial charge in [0.05, 0.1) is 13.2 Å². The topological polar surface area (TPSA) is 29.5 Å². The number of rotatable bonds is 0. The van der Waals surface area contributed by atoms with Crippen LogP contribution in [0.5, 0.6) is 0 Å². The summed E-state index contributed by atoms with van der Waals surface area (Å²) in [4.78, 5) is 0. The summed E-state index contributed by atoms with van der Waals surface area (Å²) in [6.45, 7) is 2.68. The van der Waals surface area contributed by atoms with Crippen LogP contribution >= 0.6 is 0 Å². The minimum absolute atomic E-state index is 0.325. The lowest BCUT2D eigenvalue weighted by atomic mass is 10.0. The van der Waals surface area contributed by atoms with Crippen LogP contribution in [0.4, 0.5) is 0 Å². The molecule has 1 heterocycles. The van der Waals surface area contributed by atoms with Crippen molar-refractivity contribution in [3.05, 3.63) is 35.4 Å². The van der Waals surface area contributed by atoms with E-state index in [2.05, 4.69) is 11.8 Å². The molecule has 2 nitrogen and oxygen atoms in total. The van der Waals surface area contributed by atoms with Gasteiger partial charge in [0.2, 0.25) is 0 Å². The van der Waals surface area contributed by atoms with Crippen LogP contribution in [0.15, 0.2) is 24.3 Å². The molecule has 0 atom stereocenters. The highest BCUT2D eigenvalue weighted by Crippen LogP contribution is 2.14. The first-order valence-corrected chi connectivity index (χ1v) is 4.58. The number of aliphatic hydroxyl groups is 1. The van der Waals surface area contributed by atoms with Gasteiger partial charge in [0, 0.05) is 5.56 Å². The maximum absolute atomic E-state index is 9.63. The third-order valence-corrected chi connectivity index (χ3v) is 2.17. The van der Waals surface area contributed by atoms with Crippen LogP contribution in [0.2, 0.25) is 0 Å². The van der Waals surface area contributed by atoms with E-state index in [1.165, 1.54) is 5.56 Å². The molecule has 0 bridgehead atoms. The van der Waals surface area contributed by atoms with E-state index in [1.807, 2.05) is 31.2 Å². The SMILES string of the molecule is Cc1ccc(C#CC2(O)COC2)cc1. The summed E-state index contributed by atoms with van der Waals surface area (Å²) in [6.07, 6.45) is 0. The minimum Gasteiger partial charge on any atom is -0.373 e. The number of benzene rings is 1. The van der Waals surface area contributed by atoms with E-state index in [0.29, 0.717) is 13.2 Å². The molecule has 1 saturated heterocycles. The molecule has 1 aliphatic heterocycles. The summed E-state index contributed by atoms with van der Waals surface area (Å²) in [6, 6.07) is 7.91. The molecule has 1 fully saturated rings. The quantitative estimate of drug-likeness (QED) is 0.618. The maximum atomic E-state index is 9.63. The van der Waals surface area contributed by atoms with Gasteiger partial charge in [-0.05, 0) is 19.1 Å². The normalized spacial score (nSPS) is 17.9. The fraction of sp³-hybridized carbons (Fsp3) is 0.333. The van der Waals surface area contributed by atoms with Crippen molar-refractivity contribution in [2.75, 3.05) is 13.2 Å². The van der Waals surface area contributed by atoms with E-state index in [-0.39, 0.29) is 0 Å². The van der Waals surface area contributed by atoms with Gasteiger partial charge < -0.3 is 9.84 Å². The molecular weight excluding hydrogens is 176 g/mol. The molecule has 0 unspecified atom stereocenters. The van der Waals surface area contributed by atoms with E-state index in [9.17, 15) is 5.11 Å². The molecule has 1 aromatic carbocycles. The predicted molar refractivity (Wildman–Crippen MR) is 53.8 cm³/mol. The van der Waals surface area contributed by atoms with Crippen LogP contribution in [0.1, 0.15) is 11.1 Å². The molecule has 14 heavy (non-hydrogen) atoms. The smallest absolute Gasteiger partial charge is 0.172 e. The van der Waals surface area contributed by atoms with Crippen LogP contribution in [0.3, 0.4) is 0 Å². The molecule has 1 N–H and O–H groups in total. The van der Waals surface area contributed by atoms with Crippen molar-refractivity contribution in [2.24, 2.45) is 0 Å². The van der Waals surface area contributed by atoms with Crippen molar-refractivity contribution in [2.45, 2.75) is 12.5 Å². The van der Waals surface area contributed by atoms with E-state index in [0.717, 1.165) is 5.56 Å². The molecule has 0 spiro atoms. The van der Waals surface area contributed by atoms with Crippen LogP contribution in [0.25, 0.3) is 0 Å². The zero-order valence-electron chi connectivity index (χ0n) is 8.08. The van der Waals surface area contributed by atoms with Crippen molar-refractivity contribution < 1.29 is 9.84 Å². The first kappa shape index (κ1) is 9.26. The number of hydrogen-bond donors (Lipinski definition) is 1. The Bertz CT molecular complexity index is 377. The lowest BCUT2D eigenvalue weighted by molar-refractivity contribution is -0.140. The molecule has 1 aromatic rings. The number of ether oxygens (including phenoxy) is 1. The van der Waals surface area contributed by atoms with Crippen molar-refractivity contribution in [3.63, 3.8) is 0 Å². The fourth-order valence-corrected chi connectivity index (χ4v) is 1.19. The number of aryl methyl sites for hydroxylation is 1. The molecule has 2 rings (SSSR count). The zero-order valence-corrected chi connectivity index (χ0v) is 8.08. The summed E-state index contributed by atoms with van der Waals surface area (Å²) in [5.74, 6) is 5.75. The number of hydrogen-bond acceptors (Lipinski definition) is 2. The highest BCUT2D eigenvalue weighted by molar-refractivity contribution is 5.38. The molecule has 72 valence electrons. The third-order valence-electron chi connectivity index (χ3n) is 2.17. The summed E-state index contributed by atoms with van der Waals surface area (Å²) < 4.78 is 4.89. The second kappa shape index (κ2) is 3.45. The molecule has 0 radical (unpaired) electrons. The van der Waals surface area contributed by atoms with Crippen LogP contribution in [-0.4, -0.2) is 23.9 Å². The van der Waals surface area contributed by atoms with Gasteiger partial charge in [-0.15, -0.1) is 0 Å².